The molecule has 2 aromatic rings. The first-order valence-electron chi connectivity index (χ1n) is 5.91. The summed E-state index contributed by atoms with van der Waals surface area (Å²) in [7, 11) is 0. The van der Waals surface area contributed by atoms with Gasteiger partial charge in [-0.25, -0.2) is 19.6 Å². The van der Waals surface area contributed by atoms with Crippen LogP contribution in [0.15, 0.2) is 18.3 Å². The number of carbonyl (C=O) groups excluding carboxylic acids is 1. The quantitative estimate of drug-likeness (QED) is 0.774. The number of aromatic carboxylic acids is 1. The third-order valence-electron chi connectivity index (χ3n) is 2.58. The van der Waals surface area contributed by atoms with Gasteiger partial charge in [-0.3, -0.25) is 5.32 Å². The largest absolute Gasteiger partial charge is 0.476 e. The molecule has 0 aliphatic rings. The molecule has 0 radical (unpaired) electrons. The molecule has 0 aliphatic heterocycles. The van der Waals surface area contributed by atoms with E-state index in [4.69, 9.17) is 5.11 Å². The number of amides is 2. The van der Waals surface area contributed by atoms with Crippen molar-refractivity contribution >= 4 is 23.6 Å². The topological polar surface area (TPSA) is 130 Å². The summed E-state index contributed by atoms with van der Waals surface area (Å²) in [4.78, 5) is 30.5. The van der Waals surface area contributed by atoms with Crippen molar-refractivity contribution in [1.82, 2.24) is 20.2 Å². The normalized spacial score (nSPS) is 10.0. The van der Waals surface area contributed by atoms with E-state index in [-0.39, 0.29) is 17.3 Å². The molecule has 9 nitrogen and oxygen atoms in total. The molecule has 2 amide bonds. The zero-order chi connectivity index (χ0) is 15.4. The van der Waals surface area contributed by atoms with Crippen LogP contribution in [-0.2, 0) is 0 Å². The molecule has 0 aromatic carbocycles. The van der Waals surface area contributed by atoms with Gasteiger partial charge in [0, 0.05) is 6.20 Å². The molecule has 2 heterocycles. The van der Waals surface area contributed by atoms with Crippen LogP contribution in [0.25, 0.3) is 0 Å². The maximum absolute atomic E-state index is 11.8. The van der Waals surface area contributed by atoms with Crippen LogP contribution in [-0.4, -0.2) is 37.3 Å². The highest BCUT2D eigenvalue weighted by Gasteiger charge is 2.14. The summed E-state index contributed by atoms with van der Waals surface area (Å²) in [5.74, 6) is -1.22. The van der Waals surface area contributed by atoms with E-state index in [1.54, 1.807) is 13.8 Å². The second-order valence-electron chi connectivity index (χ2n) is 4.09. The van der Waals surface area contributed by atoms with Gasteiger partial charge < -0.3 is 10.4 Å². The Kier molecular flexibility index (Phi) is 4.02. The van der Waals surface area contributed by atoms with Crippen LogP contribution in [0.2, 0.25) is 0 Å². The summed E-state index contributed by atoms with van der Waals surface area (Å²) in [5, 5.41) is 21.2. The average molecular weight is 288 g/mol. The maximum atomic E-state index is 11.8. The van der Waals surface area contributed by atoms with Gasteiger partial charge in [0.15, 0.2) is 5.69 Å². The number of nitrogens with zero attached hydrogens (tertiary/aromatic N) is 4. The highest BCUT2D eigenvalue weighted by atomic mass is 16.4. The van der Waals surface area contributed by atoms with Crippen LogP contribution in [0.3, 0.4) is 0 Å². The van der Waals surface area contributed by atoms with Gasteiger partial charge in [0.2, 0.25) is 0 Å². The zero-order valence-corrected chi connectivity index (χ0v) is 11.3. The summed E-state index contributed by atoms with van der Waals surface area (Å²) in [6.45, 7) is 3.48. The van der Waals surface area contributed by atoms with Crippen molar-refractivity contribution in [1.29, 1.82) is 0 Å². The number of carboxylic acid groups (broad SMARTS) is 1. The van der Waals surface area contributed by atoms with Gasteiger partial charge in [0.1, 0.15) is 0 Å². The first-order valence-corrected chi connectivity index (χ1v) is 5.91. The molecule has 0 aliphatic carbocycles. The minimum atomic E-state index is -1.24. The van der Waals surface area contributed by atoms with Crippen molar-refractivity contribution in [2.75, 3.05) is 10.6 Å². The molecule has 0 bridgehead atoms. The molecule has 0 unspecified atom stereocenters. The molecule has 3 N–H and O–H groups in total. The molecule has 0 spiro atoms. The Hall–Kier alpha value is -3.10. The number of rotatable bonds is 3. The Bertz CT molecular complexity index is 703. The summed E-state index contributed by atoms with van der Waals surface area (Å²) in [6, 6.07) is 2.25. The monoisotopic (exact) mass is 288 g/mol. The Morgan fingerprint density at radius 1 is 1.14 bits per heavy atom. The van der Waals surface area contributed by atoms with Crippen LogP contribution >= 0.6 is 0 Å². The van der Waals surface area contributed by atoms with Crippen molar-refractivity contribution in [3.8, 4) is 0 Å². The molecule has 0 saturated carbocycles. The first-order chi connectivity index (χ1) is 9.97. The molecule has 2 aromatic heterocycles. The van der Waals surface area contributed by atoms with Crippen molar-refractivity contribution in [3.05, 3.63) is 35.4 Å². The Labute approximate surface area is 119 Å². The smallest absolute Gasteiger partial charge is 0.356 e. The number of anilines is 2. The lowest BCUT2D eigenvalue weighted by molar-refractivity contribution is 0.0691. The molecule has 9 heteroatoms. The van der Waals surface area contributed by atoms with Gasteiger partial charge in [0.05, 0.1) is 17.1 Å². The van der Waals surface area contributed by atoms with Crippen molar-refractivity contribution < 1.29 is 14.7 Å². The van der Waals surface area contributed by atoms with E-state index in [0.717, 1.165) is 0 Å². The third kappa shape index (κ3) is 3.47. The fourth-order valence-electron chi connectivity index (χ4n) is 1.44. The molecule has 0 fully saturated rings. The molecular formula is C12H12N6O3. The summed E-state index contributed by atoms with van der Waals surface area (Å²) in [5.41, 5.74) is 1.10. The Morgan fingerprint density at radius 3 is 2.57 bits per heavy atom. The molecule has 2 rings (SSSR count). The molecular weight excluding hydrogens is 276 g/mol. The highest BCUT2D eigenvalue weighted by Crippen LogP contribution is 2.12. The number of hydrogen-bond donors (Lipinski definition) is 3. The van der Waals surface area contributed by atoms with Gasteiger partial charge >= 0.3 is 12.0 Å². The van der Waals surface area contributed by atoms with E-state index >= 15 is 0 Å². The molecule has 108 valence electrons. The van der Waals surface area contributed by atoms with E-state index in [9.17, 15) is 9.59 Å². The lowest BCUT2D eigenvalue weighted by Crippen LogP contribution is -2.23. The van der Waals surface area contributed by atoms with Crippen LogP contribution in [0.1, 0.15) is 21.9 Å². The van der Waals surface area contributed by atoms with Gasteiger partial charge in [-0.15, -0.1) is 5.10 Å². The number of pyridine rings is 1. The van der Waals surface area contributed by atoms with E-state index in [1.807, 2.05) is 0 Å². The number of aromatic nitrogens is 4. The SMILES string of the molecule is Cc1nnc(NC(=O)Nc2cccnc2C(=O)O)nc1C. The Balaban J connectivity index is 2.12. The maximum Gasteiger partial charge on any atom is 0.356 e. The van der Waals surface area contributed by atoms with E-state index in [2.05, 4.69) is 30.8 Å². The standard InChI is InChI=1S/C12H12N6O3/c1-6-7(2)17-18-11(14-6)16-12(21)15-8-4-3-5-13-9(8)10(19)20/h3-5H,1-2H3,(H,19,20)(H2,14,15,16,18,21). The second kappa shape index (κ2) is 5.90. The van der Waals surface area contributed by atoms with Crippen molar-refractivity contribution in [3.63, 3.8) is 0 Å². The van der Waals surface area contributed by atoms with Crippen LogP contribution in [0.4, 0.5) is 16.4 Å². The highest BCUT2D eigenvalue weighted by molar-refractivity contribution is 6.03. The predicted molar refractivity (Wildman–Crippen MR) is 73.1 cm³/mol. The zero-order valence-electron chi connectivity index (χ0n) is 11.3. The fraction of sp³-hybridized carbons (Fsp3) is 0.167. The number of aryl methyl sites for hydroxylation is 2. The van der Waals surface area contributed by atoms with Gasteiger partial charge in [-0.2, -0.15) is 5.10 Å². The molecule has 21 heavy (non-hydrogen) atoms. The van der Waals surface area contributed by atoms with Crippen molar-refractivity contribution in [2.45, 2.75) is 13.8 Å². The van der Waals surface area contributed by atoms with E-state index in [1.165, 1.54) is 18.3 Å². The summed E-state index contributed by atoms with van der Waals surface area (Å²) < 4.78 is 0. The van der Waals surface area contributed by atoms with Gasteiger partial charge in [-0.1, -0.05) is 0 Å². The summed E-state index contributed by atoms with van der Waals surface area (Å²) >= 11 is 0. The number of carboxylic acids is 1. The summed E-state index contributed by atoms with van der Waals surface area (Å²) in [6.07, 6.45) is 1.32. The number of urea groups is 1. The Morgan fingerprint density at radius 2 is 1.90 bits per heavy atom. The molecule has 0 saturated heterocycles. The van der Waals surface area contributed by atoms with Gasteiger partial charge in [-0.05, 0) is 26.0 Å². The number of hydrogen-bond acceptors (Lipinski definition) is 6. The van der Waals surface area contributed by atoms with Crippen molar-refractivity contribution in [2.24, 2.45) is 0 Å². The first kappa shape index (κ1) is 14.3. The van der Waals surface area contributed by atoms with Crippen LogP contribution < -0.4 is 10.6 Å². The van der Waals surface area contributed by atoms with Crippen LogP contribution in [0.5, 0.6) is 0 Å². The van der Waals surface area contributed by atoms with E-state index < -0.39 is 12.0 Å². The van der Waals surface area contributed by atoms with Gasteiger partial charge in [0.25, 0.3) is 5.95 Å². The number of nitrogens with one attached hydrogen (secondary N) is 2. The average Bonchev–Trinajstić information content (AvgIpc) is 2.43. The predicted octanol–water partition coefficient (Wildman–Crippen LogP) is 1.23. The number of carbonyl (C=O) groups is 2. The lowest BCUT2D eigenvalue weighted by Gasteiger charge is -2.08. The minimum Gasteiger partial charge on any atom is -0.476 e. The van der Waals surface area contributed by atoms with E-state index in [0.29, 0.717) is 11.4 Å². The molecule has 0 atom stereocenters. The lowest BCUT2D eigenvalue weighted by atomic mass is 10.3. The third-order valence-corrected chi connectivity index (χ3v) is 2.58. The second-order valence-corrected chi connectivity index (χ2v) is 4.09. The minimum absolute atomic E-state index is 0.0244. The fourth-order valence-corrected chi connectivity index (χ4v) is 1.44. The van der Waals surface area contributed by atoms with Crippen LogP contribution in [0, 0.1) is 13.8 Å².